The molecule has 0 saturated carbocycles. The molecule has 3 aliphatic rings. The Hall–Kier alpha value is -4.01. The number of likely N-dealkylation sites (tertiary alicyclic amines) is 1. The molecular formula is C36H33NO5S2. The second kappa shape index (κ2) is 11.5. The van der Waals surface area contributed by atoms with Gasteiger partial charge >= 0.3 is 12.1 Å². The summed E-state index contributed by atoms with van der Waals surface area (Å²) in [7, 11) is 0. The molecule has 3 heterocycles. The quantitative estimate of drug-likeness (QED) is 0.208. The van der Waals surface area contributed by atoms with Crippen molar-refractivity contribution in [1.29, 1.82) is 0 Å². The molecule has 7 rings (SSSR count). The molecule has 8 heteroatoms. The number of ketones is 1. The number of aryl methyl sites for hydroxylation is 2. The Bertz CT molecular complexity index is 1800. The number of fused-ring (bicyclic) bond motifs is 3. The summed E-state index contributed by atoms with van der Waals surface area (Å²) in [5.74, 6) is -0.963. The Labute approximate surface area is 264 Å². The van der Waals surface area contributed by atoms with Crippen LogP contribution >= 0.6 is 22.7 Å². The molecule has 1 amide bonds. The van der Waals surface area contributed by atoms with Crippen LogP contribution in [0.25, 0.3) is 22.3 Å². The van der Waals surface area contributed by atoms with Gasteiger partial charge in [-0.2, -0.15) is 0 Å². The number of ether oxygens (including phenoxy) is 1. The van der Waals surface area contributed by atoms with Gasteiger partial charge < -0.3 is 9.84 Å². The van der Waals surface area contributed by atoms with E-state index in [1.165, 1.54) is 44.9 Å². The molecule has 44 heavy (non-hydrogen) atoms. The number of carbonyl (C=O) groups is 3. The standard InChI is InChI=1S/C36H33NO5S2/c1-20-28(24-13-7-14-25(24)29-18-33(35(39)40)44-21(29)2)17-32(43-20)34(38)31-15-8-16-37(31)36(41)42-19-30-26-11-5-3-9-22(26)23-10-4-6-12-27(23)30/h3-6,9-12,17-18,30-31H,7-8,13-16,19H2,1-2H3,(H,39,40)/t31-/m0/s1. The minimum Gasteiger partial charge on any atom is -0.477 e. The molecule has 1 N–H and O–H groups in total. The van der Waals surface area contributed by atoms with Gasteiger partial charge in [0, 0.05) is 22.2 Å². The molecule has 1 fully saturated rings. The minimum absolute atomic E-state index is 0.0297. The van der Waals surface area contributed by atoms with Crippen molar-refractivity contribution in [2.24, 2.45) is 0 Å². The number of aromatic carboxylic acids is 1. The summed E-state index contributed by atoms with van der Waals surface area (Å²) in [6, 6.07) is 19.8. The van der Waals surface area contributed by atoms with Gasteiger partial charge in [-0.15, -0.1) is 22.7 Å². The number of benzene rings is 2. The second-order valence-corrected chi connectivity index (χ2v) is 14.3. The summed E-state index contributed by atoms with van der Waals surface area (Å²) in [6.07, 6.45) is 3.74. The third-order valence-electron chi connectivity index (χ3n) is 9.28. The molecule has 0 unspecified atom stereocenters. The smallest absolute Gasteiger partial charge is 0.410 e. The molecule has 0 radical (unpaired) electrons. The summed E-state index contributed by atoms with van der Waals surface area (Å²) in [5.41, 5.74) is 9.15. The van der Waals surface area contributed by atoms with Crippen molar-refractivity contribution in [1.82, 2.24) is 4.90 Å². The first-order valence-corrected chi connectivity index (χ1v) is 16.8. The van der Waals surface area contributed by atoms with Crippen LogP contribution in [0.5, 0.6) is 0 Å². The summed E-state index contributed by atoms with van der Waals surface area (Å²) >= 11 is 2.80. The highest BCUT2D eigenvalue weighted by Crippen LogP contribution is 2.46. The number of thiophene rings is 2. The average molecular weight is 624 g/mol. The third-order valence-corrected chi connectivity index (χ3v) is 11.4. The van der Waals surface area contributed by atoms with Crippen molar-refractivity contribution in [3.05, 3.63) is 102 Å². The second-order valence-electron chi connectivity index (χ2n) is 11.8. The molecule has 6 nitrogen and oxygen atoms in total. The maximum Gasteiger partial charge on any atom is 0.410 e. The third kappa shape index (κ3) is 4.90. The fourth-order valence-corrected chi connectivity index (χ4v) is 9.15. The zero-order valence-corrected chi connectivity index (χ0v) is 26.4. The topological polar surface area (TPSA) is 83.9 Å². The fourth-order valence-electron chi connectivity index (χ4n) is 7.23. The SMILES string of the molecule is Cc1sc(C(=O)O)cc1C1=C(c2cc(C(=O)[C@@H]3CCCN3C(=O)OCC3c4ccccc4-c4ccccc43)sc2C)CCC1. The van der Waals surface area contributed by atoms with Crippen LogP contribution < -0.4 is 0 Å². The molecule has 0 bridgehead atoms. The normalized spacial score (nSPS) is 17.7. The molecule has 2 aromatic carbocycles. The highest BCUT2D eigenvalue weighted by Gasteiger charge is 2.38. The Balaban J connectivity index is 1.09. The number of hydrogen-bond acceptors (Lipinski definition) is 6. The van der Waals surface area contributed by atoms with Gasteiger partial charge in [-0.1, -0.05) is 48.5 Å². The Morgan fingerprint density at radius 1 is 0.818 bits per heavy atom. The number of allylic oxidation sites excluding steroid dienone is 2. The Kier molecular flexibility index (Phi) is 7.50. The van der Waals surface area contributed by atoms with Crippen molar-refractivity contribution in [2.45, 2.75) is 57.9 Å². The maximum absolute atomic E-state index is 13.9. The predicted octanol–water partition coefficient (Wildman–Crippen LogP) is 8.82. The van der Waals surface area contributed by atoms with Crippen molar-refractivity contribution in [3.63, 3.8) is 0 Å². The molecule has 1 atom stereocenters. The fraction of sp³-hybridized carbons (Fsp3) is 0.306. The number of carboxylic acids is 1. The van der Waals surface area contributed by atoms with Gasteiger partial charge in [-0.25, -0.2) is 9.59 Å². The number of nitrogens with zero attached hydrogens (tertiary/aromatic N) is 1. The zero-order valence-electron chi connectivity index (χ0n) is 24.7. The number of Topliss-reactive ketones (excluding diaryl/α,β-unsaturated/α-hetero) is 1. The molecule has 0 spiro atoms. The highest BCUT2D eigenvalue weighted by molar-refractivity contribution is 7.14. The largest absolute Gasteiger partial charge is 0.477 e. The summed E-state index contributed by atoms with van der Waals surface area (Å²) < 4.78 is 5.93. The van der Waals surface area contributed by atoms with E-state index < -0.39 is 18.1 Å². The number of rotatable bonds is 7. The number of hydrogen-bond donors (Lipinski definition) is 1. The zero-order chi connectivity index (χ0) is 30.5. The van der Waals surface area contributed by atoms with Gasteiger partial charge in [-0.05, 0) is 103 Å². The van der Waals surface area contributed by atoms with Crippen LogP contribution in [0.4, 0.5) is 4.79 Å². The first kappa shape index (κ1) is 28.7. The van der Waals surface area contributed by atoms with Gasteiger partial charge in [0.15, 0.2) is 5.78 Å². The van der Waals surface area contributed by atoms with E-state index >= 15 is 0 Å². The number of carbonyl (C=O) groups excluding carboxylic acids is 2. The van der Waals surface area contributed by atoms with Gasteiger partial charge in [0.1, 0.15) is 11.5 Å². The molecular weight excluding hydrogens is 591 g/mol. The van der Waals surface area contributed by atoms with Crippen molar-refractivity contribution >= 4 is 51.7 Å². The summed E-state index contributed by atoms with van der Waals surface area (Å²) in [6.45, 7) is 4.75. The molecule has 2 aromatic heterocycles. The van der Waals surface area contributed by atoms with Crippen LogP contribution in [0.3, 0.4) is 0 Å². The van der Waals surface area contributed by atoms with E-state index in [2.05, 4.69) is 24.3 Å². The van der Waals surface area contributed by atoms with Crippen molar-refractivity contribution in [2.75, 3.05) is 13.2 Å². The van der Waals surface area contributed by atoms with E-state index in [4.69, 9.17) is 4.74 Å². The predicted molar refractivity (Wildman–Crippen MR) is 175 cm³/mol. The lowest BCUT2D eigenvalue weighted by molar-refractivity contribution is 0.0701. The van der Waals surface area contributed by atoms with Gasteiger partial charge in [0.25, 0.3) is 0 Å². The molecule has 1 saturated heterocycles. The minimum atomic E-state index is -0.901. The number of amides is 1. The van der Waals surface area contributed by atoms with E-state index in [-0.39, 0.29) is 18.3 Å². The van der Waals surface area contributed by atoms with Crippen LogP contribution in [0.2, 0.25) is 0 Å². The lowest BCUT2D eigenvalue weighted by Crippen LogP contribution is -2.41. The summed E-state index contributed by atoms with van der Waals surface area (Å²) in [4.78, 5) is 43.6. The highest BCUT2D eigenvalue weighted by atomic mass is 32.1. The first-order valence-electron chi connectivity index (χ1n) is 15.1. The van der Waals surface area contributed by atoms with Gasteiger partial charge in [0.05, 0.1) is 10.9 Å². The average Bonchev–Trinajstić information content (AvgIpc) is 3.85. The molecule has 2 aliphatic carbocycles. The van der Waals surface area contributed by atoms with Gasteiger partial charge in [-0.3, -0.25) is 9.69 Å². The van der Waals surface area contributed by atoms with E-state index in [0.29, 0.717) is 22.7 Å². The lowest BCUT2D eigenvalue weighted by Gasteiger charge is -2.24. The van der Waals surface area contributed by atoms with E-state index in [9.17, 15) is 19.5 Å². The van der Waals surface area contributed by atoms with Crippen LogP contribution in [-0.4, -0.2) is 47.0 Å². The van der Waals surface area contributed by atoms with Crippen LogP contribution in [0.1, 0.15) is 89.4 Å². The maximum atomic E-state index is 13.9. The van der Waals surface area contributed by atoms with Gasteiger partial charge in [0.2, 0.25) is 0 Å². The summed E-state index contributed by atoms with van der Waals surface area (Å²) in [5, 5.41) is 9.51. The Morgan fingerprint density at radius 3 is 1.98 bits per heavy atom. The molecule has 4 aromatic rings. The van der Waals surface area contributed by atoms with Crippen molar-refractivity contribution < 1.29 is 24.2 Å². The molecule has 224 valence electrons. The van der Waals surface area contributed by atoms with Crippen molar-refractivity contribution in [3.8, 4) is 11.1 Å². The van der Waals surface area contributed by atoms with Crippen LogP contribution in [0, 0.1) is 13.8 Å². The van der Waals surface area contributed by atoms with E-state index in [0.717, 1.165) is 57.7 Å². The molecule has 1 aliphatic heterocycles. The van der Waals surface area contributed by atoms with Crippen LogP contribution in [0.15, 0.2) is 60.7 Å². The first-order chi connectivity index (χ1) is 21.3. The number of carboxylic acid groups (broad SMARTS) is 1. The van der Waals surface area contributed by atoms with E-state index in [1.807, 2.05) is 44.2 Å². The monoisotopic (exact) mass is 623 g/mol. The Morgan fingerprint density at radius 2 is 1.39 bits per heavy atom. The lowest BCUT2D eigenvalue weighted by atomic mass is 9.97. The van der Waals surface area contributed by atoms with Crippen LogP contribution in [-0.2, 0) is 4.74 Å². The van der Waals surface area contributed by atoms with E-state index in [1.54, 1.807) is 11.0 Å².